The van der Waals surface area contributed by atoms with Gasteiger partial charge in [-0.2, -0.15) is 0 Å². The summed E-state index contributed by atoms with van der Waals surface area (Å²) in [6.07, 6.45) is 1.95. The number of carbonyl (C=O) groups is 1. The molecule has 5 nitrogen and oxygen atoms in total. The van der Waals surface area contributed by atoms with Gasteiger partial charge in [0, 0.05) is 13.1 Å². The summed E-state index contributed by atoms with van der Waals surface area (Å²) in [6.45, 7) is 5.00. The smallest absolute Gasteiger partial charge is 0.264 e. The van der Waals surface area contributed by atoms with E-state index >= 15 is 0 Å². The van der Waals surface area contributed by atoms with Gasteiger partial charge in [0.15, 0.2) is 0 Å². The number of hydrogen-bond donors (Lipinski definition) is 0. The number of amides is 1. The molecule has 0 saturated carbocycles. The lowest BCUT2D eigenvalue weighted by Gasteiger charge is -2.28. The summed E-state index contributed by atoms with van der Waals surface area (Å²) in [4.78, 5) is 14.7. The first kappa shape index (κ1) is 18.5. The fourth-order valence-electron chi connectivity index (χ4n) is 3.20. The average molecular weight is 372 g/mol. The van der Waals surface area contributed by atoms with Gasteiger partial charge in [-0.25, -0.2) is 8.42 Å². The lowest BCUT2D eigenvalue weighted by atomic mass is 10.1. The van der Waals surface area contributed by atoms with Gasteiger partial charge < -0.3 is 4.90 Å². The summed E-state index contributed by atoms with van der Waals surface area (Å²) >= 11 is 0. The molecule has 0 atom stereocenters. The Balaban J connectivity index is 2.04. The second kappa shape index (κ2) is 7.50. The molecule has 1 fully saturated rings. The number of sulfonamides is 1. The van der Waals surface area contributed by atoms with Gasteiger partial charge in [0.05, 0.1) is 10.6 Å². The van der Waals surface area contributed by atoms with E-state index in [1.807, 2.05) is 32.0 Å². The molecule has 0 N–H and O–H groups in total. The molecule has 138 valence electrons. The van der Waals surface area contributed by atoms with Crippen LogP contribution >= 0.6 is 0 Å². The molecule has 1 amide bonds. The van der Waals surface area contributed by atoms with Crippen LogP contribution in [0.25, 0.3) is 0 Å². The van der Waals surface area contributed by atoms with E-state index in [2.05, 4.69) is 0 Å². The highest BCUT2D eigenvalue weighted by atomic mass is 32.2. The number of likely N-dealkylation sites (tertiary alicyclic amines) is 1. The standard InChI is InChI=1S/C20H24N2O3S/c1-16-10-11-17(2)19(14-16)22(15-20(23)21-12-6-7-13-21)26(24,25)18-8-4-3-5-9-18/h3-5,8-11,14H,6-7,12-13,15H2,1-2H3. The van der Waals surface area contributed by atoms with Crippen LogP contribution in [0.15, 0.2) is 53.4 Å². The second-order valence-electron chi connectivity index (χ2n) is 6.70. The van der Waals surface area contributed by atoms with Gasteiger partial charge in [0.1, 0.15) is 6.54 Å². The van der Waals surface area contributed by atoms with Crippen molar-refractivity contribution in [1.29, 1.82) is 0 Å². The van der Waals surface area contributed by atoms with Gasteiger partial charge in [-0.3, -0.25) is 9.10 Å². The van der Waals surface area contributed by atoms with E-state index in [9.17, 15) is 13.2 Å². The lowest BCUT2D eigenvalue weighted by Crippen LogP contribution is -2.42. The minimum Gasteiger partial charge on any atom is -0.341 e. The minimum atomic E-state index is -3.83. The molecule has 6 heteroatoms. The molecule has 1 saturated heterocycles. The van der Waals surface area contributed by atoms with Crippen molar-refractivity contribution in [3.05, 3.63) is 59.7 Å². The Morgan fingerprint density at radius 2 is 1.69 bits per heavy atom. The maximum atomic E-state index is 13.3. The van der Waals surface area contributed by atoms with Crippen molar-refractivity contribution in [2.45, 2.75) is 31.6 Å². The van der Waals surface area contributed by atoms with Crippen molar-refractivity contribution >= 4 is 21.6 Å². The molecule has 0 radical (unpaired) electrons. The highest BCUT2D eigenvalue weighted by Gasteiger charge is 2.30. The summed E-state index contributed by atoms with van der Waals surface area (Å²) in [6, 6.07) is 13.9. The monoisotopic (exact) mass is 372 g/mol. The van der Waals surface area contributed by atoms with Gasteiger partial charge in [-0.1, -0.05) is 30.3 Å². The summed E-state index contributed by atoms with van der Waals surface area (Å²) in [5.41, 5.74) is 2.33. The van der Waals surface area contributed by atoms with Gasteiger partial charge >= 0.3 is 0 Å². The maximum Gasteiger partial charge on any atom is 0.264 e. The summed E-state index contributed by atoms with van der Waals surface area (Å²) in [5.74, 6) is -0.150. The van der Waals surface area contributed by atoms with Crippen LogP contribution < -0.4 is 4.31 Å². The van der Waals surface area contributed by atoms with Gasteiger partial charge in [-0.05, 0) is 56.0 Å². The summed E-state index contributed by atoms with van der Waals surface area (Å²) in [7, 11) is -3.83. The number of nitrogens with zero attached hydrogens (tertiary/aromatic N) is 2. The normalized spacial score (nSPS) is 14.5. The van der Waals surface area contributed by atoms with Crippen LogP contribution in [0.3, 0.4) is 0 Å². The topological polar surface area (TPSA) is 57.7 Å². The van der Waals surface area contributed by atoms with Crippen molar-refractivity contribution < 1.29 is 13.2 Å². The molecule has 3 rings (SSSR count). The van der Waals surface area contributed by atoms with E-state index in [0.717, 1.165) is 24.0 Å². The molecule has 26 heavy (non-hydrogen) atoms. The molecular formula is C20H24N2O3S. The van der Waals surface area contributed by atoms with E-state index in [4.69, 9.17) is 0 Å². The summed E-state index contributed by atoms with van der Waals surface area (Å²) < 4.78 is 27.9. The van der Waals surface area contributed by atoms with E-state index in [1.165, 1.54) is 4.31 Å². The van der Waals surface area contributed by atoms with Crippen molar-refractivity contribution in [3.63, 3.8) is 0 Å². The number of aryl methyl sites for hydroxylation is 2. The molecular weight excluding hydrogens is 348 g/mol. The van der Waals surface area contributed by atoms with Crippen molar-refractivity contribution in [3.8, 4) is 0 Å². The molecule has 2 aromatic carbocycles. The largest absolute Gasteiger partial charge is 0.341 e. The zero-order valence-corrected chi connectivity index (χ0v) is 16.0. The Labute approximate surface area is 155 Å². The Morgan fingerprint density at radius 3 is 2.35 bits per heavy atom. The molecule has 0 spiro atoms. The Hall–Kier alpha value is -2.34. The Morgan fingerprint density at radius 1 is 1.04 bits per heavy atom. The second-order valence-corrected chi connectivity index (χ2v) is 8.56. The van der Waals surface area contributed by atoms with Gasteiger partial charge in [0.25, 0.3) is 10.0 Å². The first-order chi connectivity index (χ1) is 12.4. The van der Waals surface area contributed by atoms with Gasteiger partial charge in [0.2, 0.25) is 5.91 Å². The Bertz CT molecular complexity index is 889. The predicted molar refractivity (Wildman–Crippen MR) is 103 cm³/mol. The molecule has 0 aliphatic carbocycles. The van der Waals surface area contributed by atoms with Crippen molar-refractivity contribution in [2.75, 3.05) is 23.9 Å². The lowest BCUT2D eigenvalue weighted by molar-refractivity contribution is -0.128. The van der Waals surface area contributed by atoms with Crippen LogP contribution in [0.5, 0.6) is 0 Å². The van der Waals surface area contributed by atoms with E-state index in [-0.39, 0.29) is 17.3 Å². The molecule has 1 aliphatic heterocycles. The first-order valence-electron chi connectivity index (χ1n) is 8.82. The van der Waals surface area contributed by atoms with Crippen LogP contribution in [0, 0.1) is 13.8 Å². The fraction of sp³-hybridized carbons (Fsp3) is 0.350. The van der Waals surface area contributed by atoms with Gasteiger partial charge in [-0.15, -0.1) is 0 Å². The van der Waals surface area contributed by atoms with E-state index < -0.39 is 10.0 Å². The Kier molecular flexibility index (Phi) is 5.32. The van der Waals surface area contributed by atoms with Crippen molar-refractivity contribution in [1.82, 2.24) is 4.90 Å². The molecule has 0 bridgehead atoms. The number of carbonyl (C=O) groups excluding carboxylic acids is 1. The van der Waals surface area contributed by atoms with E-state index in [0.29, 0.717) is 18.8 Å². The molecule has 0 aromatic heterocycles. The predicted octanol–water partition coefficient (Wildman–Crippen LogP) is 3.12. The summed E-state index contributed by atoms with van der Waals surface area (Å²) in [5, 5.41) is 0. The fourth-order valence-corrected chi connectivity index (χ4v) is 4.69. The number of hydrogen-bond acceptors (Lipinski definition) is 3. The maximum absolute atomic E-state index is 13.3. The number of rotatable bonds is 5. The zero-order valence-electron chi connectivity index (χ0n) is 15.2. The highest BCUT2D eigenvalue weighted by molar-refractivity contribution is 7.92. The third-order valence-corrected chi connectivity index (χ3v) is 6.48. The van der Waals surface area contributed by atoms with Crippen molar-refractivity contribution in [2.24, 2.45) is 0 Å². The first-order valence-corrected chi connectivity index (χ1v) is 10.3. The van der Waals surface area contributed by atoms with Crippen LogP contribution in [-0.2, 0) is 14.8 Å². The molecule has 1 heterocycles. The quantitative estimate of drug-likeness (QED) is 0.810. The number of benzene rings is 2. The van der Waals surface area contributed by atoms with E-state index in [1.54, 1.807) is 35.2 Å². The van der Waals surface area contributed by atoms with Crippen LogP contribution in [0.4, 0.5) is 5.69 Å². The number of anilines is 1. The third-order valence-electron chi connectivity index (χ3n) is 4.70. The average Bonchev–Trinajstić information content (AvgIpc) is 3.17. The van der Waals surface area contributed by atoms with Crippen LogP contribution in [-0.4, -0.2) is 38.9 Å². The van der Waals surface area contributed by atoms with Crippen LogP contribution in [0.1, 0.15) is 24.0 Å². The SMILES string of the molecule is Cc1ccc(C)c(N(CC(=O)N2CCCC2)S(=O)(=O)c2ccccc2)c1. The molecule has 1 aliphatic rings. The van der Waals surface area contributed by atoms with Crippen LogP contribution in [0.2, 0.25) is 0 Å². The highest BCUT2D eigenvalue weighted by Crippen LogP contribution is 2.28. The molecule has 2 aromatic rings. The minimum absolute atomic E-state index is 0.150. The zero-order chi connectivity index (χ0) is 18.7. The molecule has 0 unspecified atom stereocenters. The third kappa shape index (κ3) is 3.75.